The highest BCUT2D eigenvalue weighted by Crippen LogP contribution is 2.61. The van der Waals surface area contributed by atoms with Crippen LogP contribution < -0.4 is 10.2 Å². The Morgan fingerprint density at radius 3 is 2.07 bits per heavy atom. The summed E-state index contributed by atoms with van der Waals surface area (Å²) >= 11 is 0. The van der Waals surface area contributed by atoms with Crippen LogP contribution in [-0.4, -0.2) is 29.8 Å². The molecule has 0 saturated heterocycles. The van der Waals surface area contributed by atoms with Crippen molar-refractivity contribution in [3.05, 3.63) is 64.7 Å². The Morgan fingerprint density at radius 2 is 1.57 bits per heavy atom. The molecule has 1 heterocycles. The molecule has 1 unspecified atom stereocenters. The Hall–Kier alpha value is -2.75. The number of fused-ring (bicyclic) bond motifs is 1. The lowest BCUT2D eigenvalue weighted by atomic mass is 9.64. The number of anilines is 1. The van der Waals surface area contributed by atoms with Crippen molar-refractivity contribution in [1.82, 2.24) is 5.32 Å². The molecule has 30 heavy (non-hydrogen) atoms. The summed E-state index contributed by atoms with van der Waals surface area (Å²) in [6.07, 6.45) is -0.813. The predicted molar refractivity (Wildman–Crippen MR) is 96.3 cm³/mol. The molecule has 2 aromatic rings. The van der Waals surface area contributed by atoms with Crippen molar-refractivity contribution >= 4 is 11.7 Å². The van der Waals surface area contributed by atoms with Gasteiger partial charge in [-0.05, 0) is 25.8 Å². The van der Waals surface area contributed by atoms with Gasteiger partial charge in [-0.3, -0.25) is 0 Å². The number of rotatable bonds is 3. The monoisotopic (exact) mass is 432 g/mol. The summed E-state index contributed by atoms with van der Waals surface area (Å²) < 4.78 is 89.5. The average Bonchev–Trinajstić information content (AvgIpc) is 2.89. The number of urea groups is 1. The Bertz CT molecular complexity index is 1010. The van der Waals surface area contributed by atoms with Gasteiger partial charge < -0.3 is 10.4 Å². The maximum atomic E-state index is 15.9. The number of halogens is 6. The molecule has 162 valence electrons. The van der Waals surface area contributed by atoms with Gasteiger partial charge in [-0.15, -0.1) is 0 Å². The molecule has 1 atom stereocenters. The first-order valence-corrected chi connectivity index (χ1v) is 8.85. The van der Waals surface area contributed by atoms with Gasteiger partial charge in [-0.1, -0.05) is 30.3 Å². The molecule has 2 aromatic carbocycles. The molecule has 0 radical (unpaired) electrons. The summed E-state index contributed by atoms with van der Waals surface area (Å²) in [5, 5.41) is 12.7. The second kappa shape index (κ2) is 6.90. The summed E-state index contributed by atoms with van der Waals surface area (Å²) in [6.45, 7) is 1.80. The summed E-state index contributed by atoms with van der Waals surface area (Å²) in [5.41, 5.74) is -8.20. The molecule has 2 amide bonds. The van der Waals surface area contributed by atoms with Gasteiger partial charge in [0.2, 0.25) is 0 Å². The molecular weight excluding hydrogens is 414 g/mol. The van der Waals surface area contributed by atoms with E-state index in [1.54, 1.807) is 6.07 Å². The van der Waals surface area contributed by atoms with Gasteiger partial charge in [-0.2, -0.15) is 8.78 Å². The van der Waals surface area contributed by atoms with E-state index in [0.717, 1.165) is 20.9 Å². The number of aliphatic hydroxyl groups is 1. The van der Waals surface area contributed by atoms with Crippen molar-refractivity contribution in [1.29, 1.82) is 0 Å². The quantitative estimate of drug-likeness (QED) is 0.330. The Labute approximate surface area is 168 Å². The molecule has 2 N–H and O–H groups in total. The van der Waals surface area contributed by atoms with Crippen molar-refractivity contribution in [3.8, 4) is 0 Å². The van der Waals surface area contributed by atoms with E-state index >= 15 is 8.78 Å². The number of benzene rings is 2. The van der Waals surface area contributed by atoms with E-state index in [0.29, 0.717) is 0 Å². The van der Waals surface area contributed by atoms with Gasteiger partial charge in [0.25, 0.3) is 0 Å². The van der Waals surface area contributed by atoms with Crippen LogP contribution in [0.3, 0.4) is 0 Å². The Balaban J connectivity index is 2.51. The SMILES string of the molecule is CNC(=O)N1c2c(F)c(F)c(F)c(F)c2C(Cc2ccccc2)(C(C)(C)O)C1(F)F. The van der Waals surface area contributed by atoms with E-state index in [9.17, 15) is 27.5 Å². The lowest BCUT2D eigenvalue weighted by molar-refractivity contribution is -0.148. The predicted octanol–water partition coefficient (Wildman–Crippen LogP) is 4.25. The third-order valence-electron chi connectivity index (χ3n) is 5.46. The van der Waals surface area contributed by atoms with Crippen molar-refractivity contribution in [3.63, 3.8) is 0 Å². The van der Waals surface area contributed by atoms with Crippen LogP contribution in [0, 0.1) is 23.3 Å². The molecule has 3 rings (SSSR count). The number of carbonyl (C=O) groups is 1. The number of hydrogen-bond donors (Lipinski definition) is 2. The van der Waals surface area contributed by atoms with Crippen LogP contribution in [0.1, 0.15) is 25.0 Å². The van der Waals surface area contributed by atoms with E-state index in [4.69, 9.17) is 0 Å². The molecule has 0 aliphatic carbocycles. The van der Waals surface area contributed by atoms with Crippen LogP contribution in [0.25, 0.3) is 0 Å². The second-order valence-corrected chi connectivity index (χ2v) is 7.54. The first-order chi connectivity index (χ1) is 13.8. The zero-order valence-electron chi connectivity index (χ0n) is 16.2. The maximum Gasteiger partial charge on any atom is 0.346 e. The van der Waals surface area contributed by atoms with E-state index in [1.165, 1.54) is 24.3 Å². The molecule has 1 aliphatic heterocycles. The molecule has 10 heteroatoms. The van der Waals surface area contributed by atoms with E-state index < -0.39 is 68.9 Å². The standard InChI is InChI=1S/C20H18F6N2O2/c1-18(2,30)19(9-10-7-5-4-6-8-10)11-12(21)13(22)14(23)15(24)16(11)28(17(29)27-3)20(19,25)26/h4-8,30H,9H2,1-3H3,(H,27,29). The lowest BCUT2D eigenvalue weighted by Crippen LogP contribution is -2.64. The van der Waals surface area contributed by atoms with Crippen molar-refractivity contribution in [2.75, 3.05) is 11.9 Å². The zero-order chi connectivity index (χ0) is 22.6. The number of hydrogen-bond acceptors (Lipinski definition) is 2. The van der Waals surface area contributed by atoms with Gasteiger partial charge in [-0.25, -0.2) is 27.3 Å². The first-order valence-electron chi connectivity index (χ1n) is 8.85. The van der Waals surface area contributed by atoms with E-state index in [-0.39, 0.29) is 5.56 Å². The van der Waals surface area contributed by atoms with Crippen LogP contribution in [0.15, 0.2) is 30.3 Å². The third kappa shape index (κ3) is 2.69. The van der Waals surface area contributed by atoms with Crippen molar-refractivity contribution in [2.24, 2.45) is 0 Å². The Morgan fingerprint density at radius 1 is 1.03 bits per heavy atom. The highest BCUT2D eigenvalue weighted by molar-refractivity contribution is 5.97. The lowest BCUT2D eigenvalue weighted by Gasteiger charge is -2.45. The molecule has 0 aromatic heterocycles. The highest BCUT2D eigenvalue weighted by atomic mass is 19.3. The second-order valence-electron chi connectivity index (χ2n) is 7.54. The summed E-state index contributed by atoms with van der Waals surface area (Å²) in [7, 11) is 0.952. The molecule has 0 fully saturated rings. The largest absolute Gasteiger partial charge is 0.389 e. The molecule has 4 nitrogen and oxygen atoms in total. The summed E-state index contributed by atoms with van der Waals surface area (Å²) in [4.78, 5) is 11.8. The Kier molecular flexibility index (Phi) is 5.05. The molecule has 0 saturated carbocycles. The normalized spacial score (nSPS) is 20.3. The van der Waals surface area contributed by atoms with Crippen molar-refractivity contribution in [2.45, 2.75) is 37.3 Å². The fourth-order valence-corrected chi connectivity index (χ4v) is 4.03. The average molecular weight is 432 g/mol. The number of nitrogens with one attached hydrogen (secondary N) is 1. The topological polar surface area (TPSA) is 52.6 Å². The minimum absolute atomic E-state index is 0.161. The van der Waals surface area contributed by atoms with Gasteiger partial charge in [0.15, 0.2) is 23.3 Å². The number of carbonyl (C=O) groups excluding carboxylic acids is 1. The van der Waals surface area contributed by atoms with E-state index in [2.05, 4.69) is 0 Å². The maximum absolute atomic E-state index is 15.9. The van der Waals surface area contributed by atoms with Crippen LogP contribution in [0.2, 0.25) is 0 Å². The minimum Gasteiger partial charge on any atom is -0.389 e. The molecule has 1 aliphatic rings. The van der Waals surface area contributed by atoms with Gasteiger partial charge in [0.05, 0.1) is 11.3 Å². The van der Waals surface area contributed by atoms with E-state index in [1.807, 2.05) is 5.32 Å². The van der Waals surface area contributed by atoms with Crippen LogP contribution in [0.5, 0.6) is 0 Å². The number of amides is 2. The highest BCUT2D eigenvalue weighted by Gasteiger charge is 2.74. The molecular formula is C20H18F6N2O2. The van der Waals surface area contributed by atoms with Crippen molar-refractivity contribution < 1.29 is 36.2 Å². The fourth-order valence-electron chi connectivity index (χ4n) is 4.03. The minimum atomic E-state index is -4.48. The molecule has 0 spiro atoms. The van der Waals surface area contributed by atoms with Crippen LogP contribution >= 0.6 is 0 Å². The summed E-state index contributed by atoms with van der Waals surface area (Å²) in [5.74, 6) is -8.93. The van der Waals surface area contributed by atoms with Gasteiger partial charge >= 0.3 is 12.1 Å². The molecule has 0 bridgehead atoms. The third-order valence-corrected chi connectivity index (χ3v) is 5.46. The summed E-state index contributed by atoms with van der Waals surface area (Å²) in [6, 6.07) is 1.25. The van der Waals surface area contributed by atoms with Crippen LogP contribution in [-0.2, 0) is 11.8 Å². The van der Waals surface area contributed by atoms with Gasteiger partial charge in [0, 0.05) is 12.6 Å². The first kappa shape index (κ1) is 21.9. The number of alkyl halides is 2. The number of nitrogens with zero attached hydrogens (tertiary/aromatic N) is 1. The fraction of sp³-hybridized carbons (Fsp3) is 0.350. The van der Waals surface area contributed by atoms with Crippen LogP contribution in [0.4, 0.5) is 36.8 Å². The smallest absolute Gasteiger partial charge is 0.346 e. The van der Waals surface area contributed by atoms with Gasteiger partial charge in [0.1, 0.15) is 5.41 Å². The zero-order valence-corrected chi connectivity index (χ0v) is 16.2.